The van der Waals surface area contributed by atoms with Crippen LogP contribution in [0.5, 0.6) is 11.5 Å². The Bertz CT molecular complexity index is 1320. The zero-order valence-corrected chi connectivity index (χ0v) is 21.6. The van der Waals surface area contributed by atoms with Crippen LogP contribution in [0.3, 0.4) is 0 Å². The van der Waals surface area contributed by atoms with Crippen molar-refractivity contribution in [2.45, 2.75) is 64.0 Å². The van der Waals surface area contributed by atoms with Crippen molar-refractivity contribution >= 4 is 10.9 Å². The van der Waals surface area contributed by atoms with Gasteiger partial charge in [-0.25, -0.2) is 0 Å². The van der Waals surface area contributed by atoms with E-state index in [-0.39, 0.29) is 17.4 Å². The molecular weight excluding hydrogens is 464 g/mol. The predicted octanol–water partition coefficient (Wildman–Crippen LogP) is 5.08. The lowest BCUT2D eigenvalue weighted by Crippen LogP contribution is -2.32. The van der Waals surface area contributed by atoms with E-state index in [4.69, 9.17) is 4.74 Å². The molecular formula is C31H38N2O4. The Balaban J connectivity index is 1.02. The van der Waals surface area contributed by atoms with Gasteiger partial charge in [0, 0.05) is 24.0 Å². The van der Waals surface area contributed by atoms with E-state index in [1.807, 2.05) is 0 Å². The van der Waals surface area contributed by atoms with Gasteiger partial charge >= 0.3 is 0 Å². The van der Waals surface area contributed by atoms with E-state index in [1.165, 1.54) is 56.2 Å². The van der Waals surface area contributed by atoms with E-state index in [9.17, 15) is 15.0 Å². The highest BCUT2D eigenvalue weighted by atomic mass is 16.5. The first-order chi connectivity index (χ1) is 17.9. The maximum absolute atomic E-state index is 11.7. The molecule has 1 heterocycles. The van der Waals surface area contributed by atoms with Crippen molar-refractivity contribution in [3.8, 4) is 11.5 Å². The summed E-state index contributed by atoms with van der Waals surface area (Å²) in [7, 11) is 0. The highest BCUT2D eigenvalue weighted by molar-refractivity contribution is 5.87. The number of aliphatic hydroxyl groups is 1. The van der Waals surface area contributed by atoms with Crippen molar-refractivity contribution in [3.63, 3.8) is 0 Å². The Hall–Kier alpha value is -2.83. The molecule has 4 saturated carbocycles. The summed E-state index contributed by atoms with van der Waals surface area (Å²) in [5, 5.41) is 25.0. The van der Waals surface area contributed by atoms with Gasteiger partial charge in [-0.2, -0.15) is 0 Å². The summed E-state index contributed by atoms with van der Waals surface area (Å²) in [6, 6.07) is 14.8. The minimum Gasteiger partial charge on any atom is -0.506 e. The quantitative estimate of drug-likeness (QED) is 0.310. The maximum Gasteiger partial charge on any atom is 0.248 e. The van der Waals surface area contributed by atoms with Crippen LogP contribution in [0.2, 0.25) is 0 Å². The van der Waals surface area contributed by atoms with Gasteiger partial charge in [-0.15, -0.1) is 0 Å². The van der Waals surface area contributed by atoms with Crippen molar-refractivity contribution in [2.75, 3.05) is 13.2 Å². The molecule has 0 amide bonds. The monoisotopic (exact) mass is 502 g/mol. The molecule has 1 aromatic heterocycles. The molecule has 2 aromatic carbocycles. The van der Waals surface area contributed by atoms with Crippen molar-refractivity contribution in [2.24, 2.45) is 23.2 Å². The van der Waals surface area contributed by atoms with Crippen molar-refractivity contribution in [1.29, 1.82) is 0 Å². The molecule has 0 spiro atoms. The van der Waals surface area contributed by atoms with Gasteiger partial charge in [0.05, 0.1) is 18.2 Å². The minimum absolute atomic E-state index is 0.00496. The summed E-state index contributed by atoms with van der Waals surface area (Å²) < 4.78 is 6.25. The molecule has 0 radical (unpaired) electrons. The number of phenols is 1. The average Bonchev–Trinajstić information content (AvgIpc) is 3.26. The van der Waals surface area contributed by atoms with Crippen LogP contribution in [0.1, 0.15) is 62.7 Å². The minimum atomic E-state index is -0.772. The predicted molar refractivity (Wildman–Crippen MR) is 145 cm³/mol. The van der Waals surface area contributed by atoms with E-state index >= 15 is 0 Å². The van der Waals surface area contributed by atoms with E-state index < -0.39 is 6.10 Å². The molecule has 7 rings (SSSR count). The smallest absolute Gasteiger partial charge is 0.248 e. The lowest BCUT2D eigenvalue weighted by molar-refractivity contribution is 0.147. The lowest BCUT2D eigenvalue weighted by atomic mass is 9.74. The van der Waals surface area contributed by atoms with Gasteiger partial charge in [0.2, 0.25) is 5.56 Å². The number of H-pyrrole nitrogens is 1. The topological polar surface area (TPSA) is 94.6 Å². The number of ether oxygens (including phenoxy) is 1. The summed E-state index contributed by atoms with van der Waals surface area (Å²) in [5.41, 5.74) is 2.51. The normalized spacial score (nSPS) is 27.6. The van der Waals surface area contributed by atoms with Crippen LogP contribution in [-0.2, 0) is 6.42 Å². The molecule has 4 atom stereocenters. The van der Waals surface area contributed by atoms with Gasteiger partial charge in [0.15, 0.2) is 0 Å². The molecule has 6 nitrogen and oxygen atoms in total. The van der Waals surface area contributed by atoms with Crippen LogP contribution in [0.25, 0.3) is 10.9 Å². The standard InChI is InChI=1S/C31H38N2O4/c1-19(32-18-28(35)25-5-7-27(34)30-26(25)6-8-29(36)33-30)11-20-3-2-4-24(15-20)37-10-9-31-16-21-12-22(17-31)14-23(31)13-21/h2-8,15,19,21-23,28,32,34-35H,9-14,16-18H2,1H3,(H,33,36)/t19?,21?,22?,23?,28-,31?/m0/s1. The largest absolute Gasteiger partial charge is 0.506 e. The summed E-state index contributed by atoms with van der Waals surface area (Å²) in [6.45, 7) is 3.28. The molecule has 196 valence electrons. The Morgan fingerprint density at radius 1 is 1.11 bits per heavy atom. The summed E-state index contributed by atoms with van der Waals surface area (Å²) in [5.74, 6) is 3.88. The Morgan fingerprint density at radius 2 is 1.92 bits per heavy atom. The average molecular weight is 503 g/mol. The maximum atomic E-state index is 11.7. The second-order valence-electron chi connectivity index (χ2n) is 12.0. The van der Waals surface area contributed by atoms with Crippen molar-refractivity contribution < 1.29 is 14.9 Å². The molecule has 3 aromatic rings. The van der Waals surface area contributed by atoms with Gasteiger partial charge < -0.3 is 25.3 Å². The van der Waals surface area contributed by atoms with Gasteiger partial charge in [-0.1, -0.05) is 18.2 Å². The molecule has 4 aliphatic rings. The third-order valence-corrected chi connectivity index (χ3v) is 9.39. The van der Waals surface area contributed by atoms with Gasteiger partial charge in [0.25, 0.3) is 0 Å². The number of aromatic amines is 1. The van der Waals surface area contributed by atoms with E-state index in [1.54, 1.807) is 12.1 Å². The van der Waals surface area contributed by atoms with Crippen LogP contribution in [0, 0.1) is 23.2 Å². The van der Waals surface area contributed by atoms with Crippen LogP contribution in [0.15, 0.2) is 53.3 Å². The zero-order chi connectivity index (χ0) is 25.6. The number of pyridine rings is 1. The van der Waals surface area contributed by atoms with Crippen LogP contribution in [-0.4, -0.2) is 34.4 Å². The molecule has 0 saturated heterocycles. The lowest BCUT2D eigenvalue weighted by Gasteiger charge is -2.32. The number of aliphatic hydroxyl groups excluding tert-OH is 1. The van der Waals surface area contributed by atoms with Crippen molar-refractivity contribution in [3.05, 3.63) is 70.0 Å². The molecule has 4 aliphatic carbocycles. The van der Waals surface area contributed by atoms with E-state index in [0.29, 0.717) is 28.4 Å². The highest BCUT2D eigenvalue weighted by Gasteiger charge is 2.57. The van der Waals surface area contributed by atoms with Crippen LogP contribution < -0.4 is 15.6 Å². The fourth-order valence-corrected chi connectivity index (χ4v) is 7.91. The fraction of sp³-hybridized carbons (Fsp3) is 0.516. The molecule has 3 unspecified atom stereocenters. The first-order valence-corrected chi connectivity index (χ1v) is 13.9. The van der Waals surface area contributed by atoms with Crippen LogP contribution >= 0.6 is 0 Å². The number of phenolic OH excluding ortho intramolecular Hbond substituents is 1. The first-order valence-electron chi connectivity index (χ1n) is 13.9. The molecule has 4 bridgehead atoms. The third kappa shape index (κ3) is 4.89. The van der Waals surface area contributed by atoms with Gasteiger partial charge in [-0.05, 0) is 110 Å². The second-order valence-corrected chi connectivity index (χ2v) is 12.0. The number of benzene rings is 2. The molecule has 37 heavy (non-hydrogen) atoms. The zero-order valence-electron chi connectivity index (χ0n) is 21.6. The number of nitrogens with one attached hydrogen (secondary N) is 2. The number of aromatic nitrogens is 1. The highest BCUT2D eigenvalue weighted by Crippen LogP contribution is 2.66. The number of rotatable bonds is 10. The number of fused-ring (bicyclic) bond motifs is 1. The van der Waals surface area contributed by atoms with Gasteiger partial charge in [-0.3, -0.25) is 4.79 Å². The third-order valence-electron chi connectivity index (χ3n) is 9.39. The Kier molecular flexibility index (Phi) is 6.49. The van der Waals surface area contributed by atoms with Gasteiger partial charge in [0.1, 0.15) is 11.5 Å². The fourth-order valence-electron chi connectivity index (χ4n) is 7.91. The Morgan fingerprint density at radius 3 is 2.73 bits per heavy atom. The number of hydrogen-bond acceptors (Lipinski definition) is 5. The summed E-state index contributed by atoms with van der Waals surface area (Å²) in [6.07, 6.45) is 8.54. The molecule has 4 N–H and O–H groups in total. The SMILES string of the molecule is CC(Cc1cccc(OCCC23CC4CC(CC2C4)C3)c1)NC[C@H](O)c1ccc(O)c2[nH]c(=O)ccc12. The molecule has 0 aliphatic heterocycles. The molecule has 4 fully saturated rings. The summed E-state index contributed by atoms with van der Waals surface area (Å²) >= 11 is 0. The van der Waals surface area contributed by atoms with Crippen LogP contribution in [0.4, 0.5) is 0 Å². The molecule has 6 heteroatoms. The summed E-state index contributed by atoms with van der Waals surface area (Å²) in [4.78, 5) is 14.3. The second kappa shape index (κ2) is 9.80. The first kappa shape index (κ1) is 24.5. The van der Waals surface area contributed by atoms with Crippen molar-refractivity contribution in [1.82, 2.24) is 10.3 Å². The van der Waals surface area contributed by atoms with E-state index in [2.05, 4.69) is 41.5 Å². The number of aromatic hydroxyl groups is 1. The van der Waals surface area contributed by atoms with E-state index in [0.717, 1.165) is 36.5 Å². The number of hydrogen-bond donors (Lipinski definition) is 4. The Labute approximate surface area is 218 Å².